The van der Waals surface area contributed by atoms with Crippen molar-refractivity contribution < 1.29 is 14.7 Å². The minimum Gasteiger partial charge on any atom is -0.493 e. The second-order valence-corrected chi connectivity index (χ2v) is 7.39. The van der Waals surface area contributed by atoms with E-state index in [1.165, 1.54) is 19.3 Å². The molecule has 28 heavy (non-hydrogen) atoms. The Labute approximate surface area is 166 Å². The molecular weight excluding hydrogens is 354 g/mol. The molecule has 0 aliphatic heterocycles. The molecule has 1 heterocycles. The standard InChI is InChI=1S/C22H29N3O3/c1-15-10-13-19(20(14-15)27-4)28-22-18(12-11-16(2)23-22)21(24-26)25(3)17-8-6-5-7-9-17/h10-14,17,26H,5-9H2,1-4H3/b24-21-. The first-order valence-corrected chi connectivity index (χ1v) is 9.79. The largest absolute Gasteiger partial charge is 0.493 e. The summed E-state index contributed by atoms with van der Waals surface area (Å²) in [5, 5.41) is 13.4. The lowest BCUT2D eigenvalue weighted by Gasteiger charge is -2.33. The number of rotatable bonds is 5. The van der Waals surface area contributed by atoms with E-state index in [4.69, 9.17) is 9.47 Å². The van der Waals surface area contributed by atoms with Gasteiger partial charge in [-0.2, -0.15) is 0 Å². The smallest absolute Gasteiger partial charge is 0.230 e. The fourth-order valence-electron chi connectivity index (χ4n) is 3.70. The van der Waals surface area contributed by atoms with Crippen LogP contribution in [0, 0.1) is 13.8 Å². The van der Waals surface area contributed by atoms with Gasteiger partial charge in [0.05, 0.1) is 12.7 Å². The van der Waals surface area contributed by atoms with Crippen LogP contribution in [-0.2, 0) is 0 Å². The van der Waals surface area contributed by atoms with E-state index >= 15 is 0 Å². The van der Waals surface area contributed by atoms with E-state index in [9.17, 15) is 5.21 Å². The van der Waals surface area contributed by atoms with Gasteiger partial charge in [-0.3, -0.25) is 0 Å². The van der Waals surface area contributed by atoms with Crippen LogP contribution in [0.1, 0.15) is 48.9 Å². The van der Waals surface area contributed by atoms with Gasteiger partial charge < -0.3 is 19.6 Å². The zero-order valence-corrected chi connectivity index (χ0v) is 17.1. The van der Waals surface area contributed by atoms with Crippen molar-refractivity contribution in [3.8, 4) is 17.4 Å². The summed E-state index contributed by atoms with van der Waals surface area (Å²) in [6.45, 7) is 3.90. The first-order valence-electron chi connectivity index (χ1n) is 9.79. The third kappa shape index (κ3) is 4.38. The van der Waals surface area contributed by atoms with Crippen LogP contribution in [0.15, 0.2) is 35.5 Å². The van der Waals surface area contributed by atoms with E-state index in [-0.39, 0.29) is 0 Å². The fourth-order valence-corrected chi connectivity index (χ4v) is 3.70. The zero-order valence-electron chi connectivity index (χ0n) is 17.1. The van der Waals surface area contributed by atoms with Crippen molar-refractivity contribution in [2.24, 2.45) is 5.16 Å². The summed E-state index contributed by atoms with van der Waals surface area (Å²) in [7, 11) is 3.59. The minimum atomic E-state index is 0.350. The molecule has 0 unspecified atom stereocenters. The normalized spacial score (nSPS) is 15.4. The van der Waals surface area contributed by atoms with Gasteiger partial charge in [0.15, 0.2) is 17.3 Å². The molecule has 150 valence electrons. The second-order valence-electron chi connectivity index (χ2n) is 7.39. The quantitative estimate of drug-likeness (QED) is 0.344. The predicted molar refractivity (Wildman–Crippen MR) is 110 cm³/mol. The number of methoxy groups -OCH3 is 1. The molecule has 1 aromatic carbocycles. The van der Waals surface area contributed by atoms with E-state index < -0.39 is 0 Å². The van der Waals surface area contributed by atoms with Crippen molar-refractivity contribution in [3.63, 3.8) is 0 Å². The van der Waals surface area contributed by atoms with E-state index in [0.717, 1.165) is 24.1 Å². The molecule has 0 bridgehead atoms. The van der Waals surface area contributed by atoms with E-state index in [1.807, 2.05) is 56.1 Å². The van der Waals surface area contributed by atoms with Crippen LogP contribution in [0.5, 0.6) is 17.4 Å². The summed E-state index contributed by atoms with van der Waals surface area (Å²) in [4.78, 5) is 6.61. The highest BCUT2D eigenvalue weighted by atomic mass is 16.5. The molecule has 3 rings (SSSR count). The van der Waals surface area contributed by atoms with Gasteiger partial charge in [0, 0.05) is 18.8 Å². The number of benzene rings is 1. The van der Waals surface area contributed by atoms with Crippen molar-refractivity contribution in [3.05, 3.63) is 47.2 Å². The molecule has 1 fully saturated rings. The summed E-state index contributed by atoms with van der Waals surface area (Å²) >= 11 is 0. The number of hydrogen-bond acceptors (Lipinski definition) is 5. The van der Waals surface area contributed by atoms with E-state index in [2.05, 4.69) is 10.1 Å². The van der Waals surface area contributed by atoms with Gasteiger partial charge in [-0.1, -0.05) is 30.5 Å². The van der Waals surface area contributed by atoms with Gasteiger partial charge in [-0.15, -0.1) is 0 Å². The zero-order chi connectivity index (χ0) is 20.1. The van der Waals surface area contributed by atoms with Crippen molar-refractivity contribution in [2.45, 2.75) is 52.0 Å². The number of amidine groups is 1. The molecule has 1 aliphatic rings. The van der Waals surface area contributed by atoms with Crippen LogP contribution in [0.3, 0.4) is 0 Å². The van der Waals surface area contributed by atoms with Crippen LogP contribution in [-0.4, -0.2) is 41.1 Å². The van der Waals surface area contributed by atoms with Crippen LogP contribution in [0.4, 0.5) is 0 Å². The number of aryl methyl sites for hydroxylation is 2. The summed E-state index contributed by atoms with van der Waals surface area (Å²) in [5.74, 6) is 2.08. The van der Waals surface area contributed by atoms with Crippen molar-refractivity contribution in [1.82, 2.24) is 9.88 Å². The Bertz CT molecular complexity index is 845. The maximum absolute atomic E-state index is 9.82. The van der Waals surface area contributed by atoms with Crippen molar-refractivity contribution >= 4 is 5.84 Å². The number of oxime groups is 1. The molecule has 0 spiro atoms. The molecule has 0 radical (unpaired) electrons. The number of aromatic nitrogens is 1. The highest BCUT2D eigenvalue weighted by molar-refractivity contribution is 6.00. The SMILES string of the molecule is COc1cc(C)ccc1Oc1nc(C)ccc1/C(=N/O)N(C)C1CCCCC1. The average molecular weight is 383 g/mol. The third-order valence-electron chi connectivity index (χ3n) is 5.32. The lowest BCUT2D eigenvalue weighted by atomic mass is 9.94. The number of pyridine rings is 1. The van der Waals surface area contributed by atoms with Crippen LogP contribution in [0.25, 0.3) is 0 Å². The first-order chi connectivity index (χ1) is 13.5. The highest BCUT2D eigenvalue weighted by Gasteiger charge is 2.25. The maximum Gasteiger partial charge on any atom is 0.230 e. The topological polar surface area (TPSA) is 67.2 Å². The third-order valence-corrected chi connectivity index (χ3v) is 5.32. The Hall–Kier alpha value is -2.76. The first kappa shape index (κ1) is 20.0. The van der Waals surface area contributed by atoms with Gasteiger partial charge in [-0.05, 0) is 56.5 Å². The molecule has 0 saturated heterocycles. The van der Waals surface area contributed by atoms with Crippen LogP contribution in [0.2, 0.25) is 0 Å². The molecule has 6 nitrogen and oxygen atoms in total. The lowest BCUT2D eigenvalue weighted by Crippen LogP contribution is -2.39. The molecule has 1 saturated carbocycles. The molecule has 1 N–H and O–H groups in total. The summed E-state index contributed by atoms with van der Waals surface area (Å²) < 4.78 is 11.6. The van der Waals surface area contributed by atoms with Crippen molar-refractivity contribution in [2.75, 3.05) is 14.2 Å². The Morgan fingerprint density at radius 3 is 2.54 bits per heavy atom. The van der Waals surface area contributed by atoms with Crippen LogP contribution >= 0.6 is 0 Å². The van der Waals surface area contributed by atoms with Gasteiger partial charge in [0.25, 0.3) is 0 Å². The molecule has 0 atom stereocenters. The van der Waals surface area contributed by atoms with Gasteiger partial charge in [0.1, 0.15) is 0 Å². The summed E-state index contributed by atoms with van der Waals surface area (Å²) in [6, 6.07) is 9.88. The molecule has 0 amide bonds. The number of hydrogen-bond donors (Lipinski definition) is 1. The highest BCUT2D eigenvalue weighted by Crippen LogP contribution is 2.34. The monoisotopic (exact) mass is 383 g/mol. The second kappa shape index (κ2) is 8.95. The molecule has 1 aromatic heterocycles. The van der Waals surface area contributed by atoms with Gasteiger partial charge in [0.2, 0.25) is 5.88 Å². The summed E-state index contributed by atoms with van der Waals surface area (Å²) in [5.41, 5.74) is 2.56. The molecular formula is C22H29N3O3. The Morgan fingerprint density at radius 2 is 1.86 bits per heavy atom. The van der Waals surface area contributed by atoms with E-state index in [1.54, 1.807) is 7.11 Å². The maximum atomic E-state index is 9.82. The summed E-state index contributed by atoms with van der Waals surface area (Å²) in [6.07, 6.45) is 5.85. The minimum absolute atomic E-state index is 0.350. The van der Waals surface area contributed by atoms with Crippen LogP contribution < -0.4 is 9.47 Å². The predicted octanol–water partition coefficient (Wildman–Crippen LogP) is 4.90. The van der Waals surface area contributed by atoms with Gasteiger partial charge in [-0.25, -0.2) is 4.98 Å². The van der Waals surface area contributed by atoms with Gasteiger partial charge >= 0.3 is 0 Å². The lowest BCUT2D eigenvalue weighted by molar-refractivity contribution is 0.256. The van der Waals surface area contributed by atoms with Crippen molar-refractivity contribution in [1.29, 1.82) is 0 Å². The fraction of sp³-hybridized carbons (Fsp3) is 0.455. The Balaban J connectivity index is 1.96. The molecule has 2 aromatic rings. The number of ether oxygens (including phenoxy) is 2. The average Bonchev–Trinajstić information content (AvgIpc) is 2.71. The molecule has 6 heteroatoms. The number of nitrogens with zero attached hydrogens (tertiary/aromatic N) is 3. The molecule has 1 aliphatic carbocycles. The Morgan fingerprint density at radius 1 is 1.11 bits per heavy atom. The van der Waals surface area contributed by atoms with E-state index in [0.29, 0.717) is 34.8 Å². The Kier molecular flexibility index (Phi) is 6.39.